The summed E-state index contributed by atoms with van der Waals surface area (Å²) in [6.45, 7) is 6.84. The molecule has 0 saturated carbocycles. The van der Waals surface area contributed by atoms with Gasteiger partial charge in [0.25, 0.3) is 0 Å². The van der Waals surface area contributed by atoms with Gasteiger partial charge in [0.2, 0.25) is 0 Å². The van der Waals surface area contributed by atoms with Gasteiger partial charge in [0.05, 0.1) is 7.11 Å². The molecule has 0 N–H and O–H groups in total. The highest BCUT2D eigenvalue weighted by molar-refractivity contribution is 5.92. The van der Waals surface area contributed by atoms with Gasteiger partial charge >= 0.3 is 5.97 Å². The van der Waals surface area contributed by atoms with Crippen LogP contribution in [0.1, 0.15) is 26.7 Å². The second kappa shape index (κ2) is 6.49. The lowest BCUT2D eigenvalue weighted by atomic mass is 9.76. The van der Waals surface area contributed by atoms with Gasteiger partial charge in [-0.25, -0.2) is 4.79 Å². The Bertz CT molecular complexity index is 572. The molecule has 2 aliphatic heterocycles. The predicted molar refractivity (Wildman–Crippen MR) is 86.8 cm³/mol. The number of hydrogen-bond acceptors (Lipinski definition) is 5. The van der Waals surface area contributed by atoms with Crippen LogP contribution in [-0.4, -0.2) is 55.9 Å². The van der Waals surface area contributed by atoms with Crippen LogP contribution in [0.4, 0.5) is 0 Å². The highest BCUT2D eigenvalue weighted by atomic mass is 16.5. The average Bonchev–Trinajstić information content (AvgIpc) is 3.07. The molecule has 0 aromatic rings. The molecule has 1 unspecified atom stereocenters. The molecule has 0 radical (unpaired) electrons. The molecule has 3 rings (SSSR count). The first-order valence-corrected chi connectivity index (χ1v) is 8.32. The SMILES string of the molecule is CCN(C1CCOCC1)C1(C(=O)OC)C(C)=CC=C2OCC=C21. The van der Waals surface area contributed by atoms with E-state index in [2.05, 4.69) is 11.8 Å². The smallest absolute Gasteiger partial charge is 0.335 e. The molecule has 3 aliphatic rings. The van der Waals surface area contributed by atoms with Crippen LogP contribution < -0.4 is 0 Å². The normalized spacial score (nSPS) is 27.7. The maximum Gasteiger partial charge on any atom is 0.335 e. The summed E-state index contributed by atoms with van der Waals surface area (Å²) in [7, 11) is 1.46. The number of rotatable bonds is 4. The summed E-state index contributed by atoms with van der Waals surface area (Å²) < 4.78 is 16.5. The zero-order valence-electron chi connectivity index (χ0n) is 14.1. The Morgan fingerprint density at radius 1 is 1.39 bits per heavy atom. The first-order valence-electron chi connectivity index (χ1n) is 8.32. The Morgan fingerprint density at radius 2 is 2.13 bits per heavy atom. The monoisotopic (exact) mass is 319 g/mol. The second-order valence-electron chi connectivity index (χ2n) is 6.14. The number of carbonyl (C=O) groups excluding carboxylic acids is 1. The van der Waals surface area contributed by atoms with Crippen molar-refractivity contribution in [2.45, 2.75) is 38.3 Å². The Kier molecular flexibility index (Phi) is 4.60. The molecule has 1 aliphatic carbocycles. The molecule has 5 heteroatoms. The minimum absolute atomic E-state index is 0.234. The van der Waals surface area contributed by atoms with Gasteiger partial charge in [0.15, 0.2) is 5.54 Å². The molecule has 23 heavy (non-hydrogen) atoms. The van der Waals surface area contributed by atoms with Gasteiger partial charge in [-0.15, -0.1) is 0 Å². The molecule has 0 bridgehead atoms. The minimum atomic E-state index is -0.883. The fraction of sp³-hybridized carbons (Fsp3) is 0.611. The Labute approximate surface area is 137 Å². The molecule has 0 aromatic heterocycles. The fourth-order valence-corrected chi connectivity index (χ4v) is 4.07. The first kappa shape index (κ1) is 16.3. The topological polar surface area (TPSA) is 48.0 Å². The number of hydrogen-bond donors (Lipinski definition) is 0. The van der Waals surface area contributed by atoms with Gasteiger partial charge in [0.1, 0.15) is 12.4 Å². The van der Waals surface area contributed by atoms with Crippen molar-refractivity contribution < 1.29 is 19.0 Å². The number of nitrogens with zero attached hydrogens (tertiary/aromatic N) is 1. The molecule has 126 valence electrons. The average molecular weight is 319 g/mol. The van der Waals surface area contributed by atoms with Crippen LogP contribution in [0.3, 0.4) is 0 Å². The summed E-state index contributed by atoms with van der Waals surface area (Å²) >= 11 is 0. The summed E-state index contributed by atoms with van der Waals surface area (Å²) in [5.41, 5.74) is 1.03. The quantitative estimate of drug-likeness (QED) is 0.744. The summed E-state index contributed by atoms with van der Waals surface area (Å²) in [6, 6.07) is 0.289. The standard InChI is InChI=1S/C18H25NO4/c1-4-19(14-7-10-22-11-8-14)18(17(20)21-3)13(2)5-6-16-15(18)9-12-23-16/h5-6,9,14H,4,7-8,10-12H2,1-3H3. The van der Waals surface area contributed by atoms with E-state index in [9.17, 15) is 4.79 Å². The number of methoxy groups -OCH3 is 1. The van der Waals surface area contributed by atoms with Crippen LogP contribution in [0.15, 0.2) is 35.1 Å². The van der Waals surface area contributed by atoms with E-state index in [4.69, 9.17) is 14.2 Å². The molecule has 0 amide bonds. The summed E-state index contributed by atoms with van der Waals surface area (Å²) in [5.74, 6) is 0.549. The lowest BCUT2D eigenvalue weighted by molar-refractivity contribution is -0.153. The van der Waals surface area contributed by atoms with Gasteiger partial charge in [0, 0.05) is 24.8 Å². The zero-order chi connectivity index (χ0) is 16.4. The molecule has 0 spiro atoms. The van der Waals surface area contributed by atoms with E-state index in [1.807, 2.05) is 25.2 Å². The lowest BCUT2D eigenvalue weighted by Gasteiger charge is -2.48. The molecular formula is C18H25NO4. The van der Waals surface area contributed by atoms with Gasteiger partial charge in [-0.2, -0.15) is 0 Å². The fourth-order valence-electron chi connectivity index (χ4n) is 4.07. The van der Waals surface area contributed by atoms with Crippen LogP contribution in [0.25, 0.3) is 0 Å². The zero-order valence-corrected chi connectivity index (χ0v) is 14.1. The second-order valence-corrected chi connectivity index (χ2v) is 6.14. The van der Waals surface area contributed by atoms with Crippen molar-refractivity contribution in [3.05, 3.63) is 35.1 Å². The Balaban J connectivity index is 2.10. The van der Waals surface area contributed by atoms with E-state index in [-0.39, 0.29) is 12.0 Å². The van der Waals surface area contributed by atoms with E-state index in [0.29, 0.717) is 6.61 Å². The summed E-state index contributed by atoms with van der Waals surface area (Å²) in [5, 5.41) is 0. The third-order valence-electron chi connectivity index (χ3n) is 5.12. The predicted octanol–water partition coefficient (Wildman–Crippen LogP) is 2.20. The van der Waals surface area contributed by atoms with Crippen LogP contribution in [0.5, 0.6) is 0 Å². The van der Waals surface area contributed by atoms with E-state index in [1.165, 1.54) is 7.11 Å². The molecule has 2 heterocycles. The Hall–Kier alpha value is -1.59. The highest BCUT2D eigenvalue weighted by Crippen LogP contribution is 2.45. The van der Waals surface area contributed by atoms with Crippen LogP contribution in [0, 0.1) is 0 Å². The maximum atomic E-state index is 13.0. The maximum absolute atomic E-state index is 13.0. The number of likely N-dealkylation sites (N-methyl/N-ethyl adjacent to an activating group) is 1. The van der Waals surface area contributed by atoms with Crippen molar-refractivity contribution in [2.75, 3.05) is 33.5 Å². The molecular weight excluding hydrogens is 294 g/mol. The van der Waals surface area contributed by atoms with E-state index < -0.39 is 5.54 Å². The molecule has 1 saturated heterocycles. The van der Waals surface area contributed by atoms with Crippen LogP contribution in [0.2, 0.25) is 0 Å². The van der Waals surface area contributed by atoms with E-state index in [0.717, 1.165) is 49.5 Å². The highest BCUT2D eigenvalue weighted by Gasteiger charge is 2.54. The largest absolute Gasteiger partial charge is 0.489 e. The van der Waals surface area contributed by atoms with Gasteiger partial charge in [-0.05, 0) is 44.0 Å². The van der Waals surface area contributed by atoms with Crippen molar-refractivity contribution in [1.82, 2.24) is 4.90 Å². The molecule has 1 atom stereocenters. The number of ether oxygens (including phenoxy) is 3. The van der Waals surface area contributed by atoms with Gasteiger partial charge in [-0.1, -0.05) is 13.0 Å². The lowest BCUT2D eigenvalue weighted by Crippen LogP contribution is -2.62. The number of allylic oxidation sites excluding steroid dienone is 2. The number of carbonyl (C=O) groups is 1. The van der Waals surface area contributed by atoms with Crippen molar-refractivity contribution in [2.24, 2.45) is 0 Å². The van der Waals surface area contributed by atoms with Crippen LogP contribution in [-0.2, 0) is 19.0 Å². The third-order valence-corrected chi connectivity index (χ3v) is 5.12. The Morgan fingerprint density at radius 3 is 2.78 bits per heavy atom. The summed E-state index contributed by atoms with van der Waals surface area (Å²) in [4.78, 5) is 15.3. The van der Waals surface area contributed by atoms with Crippen molar-refractivity contribution in [1.29, 1.82) is 0 Å². The molecule has 5 nitrogen and oxygen atoms in total. The van der Waals surface area contributed by atoms with Gasteiger partial charge < -0.3 is 14.2 Å². The van der Waals surface area contributed by atoms with E-state index in [1.54, 1.807) is 0 Å². The van der Waals surface area contributed by atoms with Crippen molar-refractivity contribution in [3.63, 3.8) is 0 Å². The van der Waals surface area contributed by atoms with Gasteiger partial charge in [-0.3, -0.25) is 4.90 Å². The first-order chi connectivity index (χ1) is 11.2. The molecule has 1 fully saturated rings. The third kappa shape index (κ3) is 2.42. The number of fused-ring (bicyclic) bond motifs is 1. The van der Waals surface area contributed by atoms with Crippen LogP contribution >= 0.6 is 0 Å². The van der Waals surface area contributed by atoms with E-state index >= 15 is 0 Å². The van der Waals surface area contributed by atoms with Crippen molar-refractivity contribution >= 4 is 5.97 Å². The summed E-state index contributed by atoms with van der Waals surface area (Å²) in [6.07, 6.45) is 7.80. The number of esters is 1. The van der Waals surface area contributed by atoms with Crippen molar-refractivity contribution in [3.8, 4) is 0 Å². The minimum Gasteiger partial charge on any atom is -0.489 e. The molecule has 0 aromatic carbocycles.